The van der Waals surface area contributed by atoms with Crippen LogP contribution >= 0.6 is 47.8 Å². The van der Waals surface area contributed by atoms with Crippen LogP contribution in [0.3, 0.4) is 0 Å². The number of halogens is 3. The molecule has 0 saturated carbocycles. The molecule has 1 aliphatic heterocycles. The van der Waals surface area contributed by atoms with Crippen LogP contribution in [0, 0.1) is 0 Å². The SMILES string of the molecule is Cl.Cl.Oc1ccc(Cl)cc1[C@H](c1cccs1)N1CCNCC1. The van der Waals surface area contributed by atoms with Gasteiger partial charge in [-0.25, -0.2) is 0 Å². The molecule has 0 radical (unpaired) electrons. The summed E-state index contributed by atoms with van der Waals surface area (Å²) < 4.78 is 0. The summed E-state index contributed by atoms with van der Waals surface area (Å²) in [6.45, 7) is 3.88. The van der Waals surface area contributed by atoms with Crippen molar-refractivity contribution in [2.45, 2.75) is 6.04 Å². The number of rotatable bonds is 3. The van der Waals surface area contributed by atoms with Gasteiger partial charge in [-0.3, -0.25) is 4.90 Å². The summed E-state index contributed by atoms with van der Waals surface area (Å²) in [5.41, 5.74) is 0.891. The topological polar surface area (TPSA) is 35.5 Å². The van der Waals surface area contributed by atoms with Crippen molar-refractivity contribution in [1.82, 2.24) is 10.2 Å². The summed E-state index contributed by atoms with van der Waals surface area (Å²) in [6.07, 6.45) is 0. The van der Waals surface area contributed by atoms with Gasteiger partial charge in [0.05, 0.1) is 6.04 Å². The molecule has 0 unspecified atom stereocenters. The molecule has 2 N–H and O–H groups in total. The van der Waals surface area contributed by atoms with Gasteiger partial charge < -0.3 is 10.4 Å². The van der Waals surface area contributed by atoms with Gasteiger partial charge in [0.15, 0.2) is 0 Å². The van der Waals surface area contributed by atoms with Crippen LogP contribution < -0.4 is 5.32 Å². The molecule has 2 aromatic rings. The van der Waals surface area contributed by atoms with Crippen molar-refractivity contribution in [3.8, 4) is 5.75 Å². The minimum Gasteiger partial charge on any atom is -0.508 e. The number of nitrogens with one attached hydrogen (secondary N) is 1. The third-order valence-corrected chi connectivity index (χ3v) is 4.77. The lowest BCUT2D eigenvalue weighted by Gasteiger charge is -2.35. The van der Waals surface area contributed by atoms with Gasteiger partial charge >= 0.3 is 0 Å². The van der Waals surface area contributed by atoms with E-state index in [0.29, 0.717) is 10.8 Å². The highest BCUT2D eigenvalue weighted by molar-refractivity contribution is 7.10. The molecule has 122 valence electrons. The molecule has 7 heteroatoms. The van der Waals surface area contributed by atoms with Gasteiger partial charge in [-0.15, -0.1) is 36.2 Å². The minimum atomic E-state index is 0. The number of phenols is 1. The van der Waals surface area contributed by atoms with E-state index in [0.717, 1.165) is 31.7 Å². The van der Waals surface area contributed by atoms with E-state index in [4.69, 9.17) is 11.6 Å². The van der Waals surface area contributed by atoms with E-state index in [1.54, 1.807) is 23.5 Å². The lowest BCUT2D eigenvalue weighted by Crippen LogP contribution is -2.45. The Hall–Kier alpha value is -0.490. The summed E-state index contributed by atoms with van der Waals surface area (Å²) in [5.74, 6) is 0.311. The second-order valence-electron chi connectivity index (χ2n) is 4.91. The fourth-order valence-electron chi connectivity index (χ4n) is 2.66. The lowest BCUT2D eigenvalue weighted by molar-refractivity contribution is 0.198. The lowest BCUT2D eigenvalue weighted by atomic mass is 10.0. The van der Waals surface area contributed by atoms with Gasteiger partial charge in [-0.1, -0.05) is 17.7 Å². The summed E-state index contributed by atoms with van der Waals surface area (Å²) >= 11 is 7.84. The molecule has 2 heterocycles. The Bertz CT molecular complexity index is 574. The summed E-state index contributed by atoms with van der Waals surface area (Å²) in [5, 5.41) is 16.3. The van der Waals surface area contributed by atoms with Crippen molar-refractivity contribution >= 4 is 47.8 Å². The molecule has 0 aliphatic carbocycles. The zero-order chi connectivity index (χ0) is 13.9. The molecular weight excluding hydrogens is 363 g/mol. The molecule has 1 fully saturated rings. The number of hydrogen-bond acceptors (Lipinski definition) is 4. The molecule has 3 rings (SSSR count). The summed E-state index contributed by atoms with van der Waals surface area (Å²) in [4.78, 5) is 3.64. The first-order valence-electron chi connectivity index (χ1n) is 6.72. The van der Waals surface area contributed by atoms with Gasteiger partial charge in [0.25, 0.3) is 0 Å². The van der Waals surface area contributed by atoms with Crippen molar-refractivity contribution in [2.75, 3.05) is 26.2 Å². The average molecular weight is 382 g/mol. The predicted molar refractivity (Wildman–Crippen MR) is 98.2 cm³/mol. The van der Waals surface area contributed by atoms with Gasteiger partial charge in [-0.2, -0.15) is 0 Å². The number of benzene rings is 1. The Morgan fingerprint density at radius 3 is 2.55 bits per heavy atom. The Kier molecular flexibility index (Phi) is 7.97. The zero-order valence-electron chi connectivity index (χ0n) is 11.9. The highest BCUT2D eigenvalue weighted by Gasteiger charge is 2.26. The molecule has 0 spiro atoms. The molecule has 1 saturated heterocycles. The van der Waals surface area contributed by atoms with E-state index in [1.165, 1.54) is 4.88 Å². The van der Waals surface area contributed by atoms with Crippen LogP contribution in [-0.4, -0.2) is 36.2 Å². The van der Waals surface area contributed by atoms with Gasteiger partial charge in [0.1, 0.15) is 5.75 Å². The van der Waals surface area contributed by atoms with Gasteiger partial charge in [0, 0.05) is 41.6 Å². The number of hydrogen-bond donors (Lipinski definition) is 2. The minimum absolute atomic E-state index is 0. The first kappa shape index (κ1) is 19.6. The van der Waals surface area contributed by atoms with Crippen molar-refractivity contribution in [3.05, 3.63) is 51.2 Å². The van der Waals surface area contributed by atoms with Crippen LogP contribution in [0.25, 0.3) is 0 Å². The Morgan fingerprint density at radius 2 is 1.91 bits per heavy atom. The summed E-state index contributed by atoms with van der Waals surface area (Å²) in [7, 11) is 0. The standard InChI is InChI=1S/C15H17ClN2OS.2ClH/c16-11-3-4-13(19)12(10-11)15(14-2-1-9-20-14)18-7-5-17-6-8-18;;/h1-4,9-10,15,17,19H,5-8H2;2*1H/t15-;;/m1../s1. The van der Waals surface area contributed by atoms with Crippen LogP contribution in [0.15, 0.2) is 35.7 Å². The Balaban J connectivity index is 0.00000121. The quantitative estimate of drug-likeness (QED) is 0.845. The van der Waals surface area contributed by atoms with Crippen LogP contribution in [0.4, 0.5) is 0 Å². The molecule has 1 aliphatic rings. The molecule has 1 atom stereocenters. The number of phenolic OH excluding ortho intramolecular Hbond substituents is 1. The molecule has 0 bridgehead atoms. The number of thiophene rings is 1. The largest absolute Gasteiger partial charge is 0.508 e. The highest BCUT2D eigenvalue weighted by atomic mass is 35.5. The smallest absolute Gasteiger partial charge is 0.120 e. The Morgan fingerprint density at radius 1 is 1.18 bits per heavy atom. The van der Waals surface area contributed by atoms with E-state index in [2.05, 4.69) is 27.7 Å². The molecule has 1 aromatic heterocycles. The van der Waals surface area contributed by atoms with E-state index >= 15 is 0 Å². The van der Waals surface area contributed by atoms with E-state index < -0.39 is 0 Å². The second kappa shape index (κ2) is 8.96. The molecule has 22 heavy (non-hydrogen) atoms. The third-order valence-electron chi connectivity index (χ3n) is 3.61. The van der Waals surface area contributed by atoms with Crippen molar-refractivity contribution in [3.63, 3.8) is 0 Å². The van der Waals surface area contributed by atoms with Crippen LogP contribution in [0.2, 0.25) is 5.02 Å². The molecule has 0 amide bonds. The third kappa shape index (κ3) is 4.28. The maximum atomic E-state index is 10.2. The van der Waals surface area contributed by atoms with Gasteiger partial charge in [-0.05, 0) is 29.6 Å². The van der Waals surface area contributed by atoms with Crippen molar-refractivity contribution < 1.29 is 5.11 Å². The fraction of sp³-hybridized carbons (Fsp3) is 0.333. The zero-order valence-corrected chi connectivity index (χ0v) is 15.1. The molecule has 1 aromatic carbocycles. The normalized spacial score (nSPS) is 16.4. The van der Waals surface area contributed by atoms with E-state index in [1.807, 2.05) is 6.07 Å². The fourth-order valence-corrected chi connectivity index (χ4v) is 3.72. The second-order valence-corrected chi connectivity index (χ2v) is 6.32. The number of aromatic hydroxyl groups is 1. The highest BCUT2D eigenvalue weighted by Crippen LogP contribution is 2.37. The van der Waals surface area contributed by atoms with Crippen LogP contribution in [-0.2, 0) is 0 Å². The predicted octanol–water partition coefficient (Wildman–Crippen LogP) is 3.95. The summed E-state index contributed by atoms with van der Waals surface area (Å²) in [6, 6.07) is 9.54. The van der Waals surface area contributed by atoms with Crippen LogP contribution in [0.5, 0.6) is 5.75 Å². The maximum absolute atomic E-state index is 10.2. The van der Waals surface area contributed by atoms with E-state index in [9.17, 15) is 5.11 Å². The molecule has 3 nitrogen and oxygen atoms in total. The van der Waals surface area contributed by atoms with E-state index in [-0.39, 0.29) is 30.9 Å². The van der Waals surface area contributed by atoms with Crippen molar-refractivity contribution in [2.24, 2.45) is 0 Å². The number of piperazine rings is 1. The first-order chi connectivity index (χ1) is 9.75. The first-order valence-corrected chi connectivity index (χ1v) is 7.98. The maximum Gasteiger partial charge on any atom is 0.120 e. The Labute approximate surface area is 152 Å². The van der Waals surface area contributed by atoms with Crippen molar-refractivity contribution in [1.29, 1.82) is 0 Å². The molecular formula is C15H19Cl3N2OS. The monoisotopic (exact) mass is 380 g/mol. The average Bonchev–Trinajstić information content (AvgIpc) is 2.98. The number of nitrogens with zero attached hydrogens (tertiary/aromatic N) is 1. The van der Waals surface area contributed by atoms with Crippen LogP contribution in [0.1, 0.15) is 16.5 Å². The van der Waals surface area contributed by atoms with Gasteiger partial charge in [0.2, 0.25) is 0 Å².